The van der Waals surface area contributed by atoms with Crippen LogP contribution in [0.3, 0.4) is 0 Å². The first-order valence-electron chi connectivity index (χ1n) is 11.2. The lowest BCUT2D eigenvalue weighted by Crippen LogP contribution is -2.63. The summed E-state index contributed by atoms with van der Waals surface area (Å²) in [5, 5.41) is 11.5. The number of hydrogen-bond donors (Lipinski definition) is 1. The third-order valence-electron chi connectivity index (χ3n) is 6.28. The topological polar surface area (TPSA) is 109 Å². The van der Waals surface area contributed by atoms with Gasteiger partial charge in [0.05, 0.1) is 30.0 Å². The highest BCUT2D eigenvalue weighted by atomic mass is 32.2. The zero-order valence-electron chi connectivity index (χ0n) is 19.6. The van der Waals surface area contributed by atoms with Crippen molar-refractivity contribution in [1.29, 1.82) is 0 Å². The largest absolute Gasteiger partial charge is 0.427 e. The Bertz CT molecular complexity index is 907. The maximum absolute atomic E-state index is 13.0. The fourth-order valence-electron chi connectivity index (χ4n) is 4.45. The van der Waals surface area contributed by atoms with Crippen molar-refractivity contribution in [3.8, 4) is 0 Å². The number of aliphatic hydroxyl groups is 1. The Morgan fingerprint density at radius 2 is 1.97 bits per heavy atom. The Balaban J connectivity index is 0.00000324. The molecule has 11 heteroatoms. The van der Waals surface area contributed by atoms with E-state index in [4.69, 9.17) is 9.47 Å². The van der Waals surface area contributed by atoms with Gasteiger partial charge in [-0.1, -0.05) is 26.1 Å². The molecule has 0 bridgehead atoms. The maximum Gasteiger partial charge on any atom is 0.358 e. The first kappa shape index (κ1) is 26.9. The lowest BCUT2D eigenvalue weighted by molar-refractivity contribution is -0.175. The molecule has 2 saturated heterocycles. The molecule has 0 spiro atoms. The van der Waals surface area contributed by atoms with E-state index in [2.05, 4.69) is 9.89 Å². The standard InChI is InChI=1S/C22H31N3O6S2.CH4/c1-11-15-14(12(2)26)18(27)25(15)16(19(28)30-10-31-20(29)22(3,4)5)17(11)33-13-8-24(9-13)21-23-6-7-32-21;/h11-15,26H,6-10H2,1-5H3;1H4/t11-,12-,14-,15-;/m1./s1. The Hall–Kier alpha value is -1.72. The number of fused-ring (bicyclic) bond motifs is 1. The molecule has 0 aromatic rings. The van der Waals surface area contributed by atoms with Gasteiger partial charge in [-0.25, -0.2) is 4.79 Å². The van der Waals surface area contributed by atoms with E-state index < -0.39 is 36.2 Å². The predicted octanol–water partition coefficient (Wildman–Crippen LogP) is 2.30. The highest BCUT2D eigenvalue weighted by Crippen LogP contribution is 2.52. The van der Waals surface area contributed by atoms with Gasteiger partial charge in [0.2, 0.25) is 12.7 Å². The molecule has 9 nitrogen and oxygen atoms in total. The number of carbonyl (C=O) groups is 3. The molecule has 0 radical (unpaired) electrons. The lowest BCUT2D eigenvalue weighted by Gasteiger charge is -2.46. The van der Waals surface area contributed by atoms with Crippen molar-refractivity contribution in [2.75, 3.05) is 32.2 Å². The van der Waals surface area contributed by atoms with Crippen LogP contribution in [-0.4, -0.2) is 87.5 Å². The summed E-state index contributed by atoms with van der Waals surface area (Å²) in [6.45, 7) is 10.7. The molecule has 0 saturated carbocycles. The fraction of sp³-hybridized carbons (Fsp3) is 0.739. The van der Waals surface area contributed by atoms with Gasteiger partial charge < -0.3 is 24.4 Å². The summed E-state index contributed by atoms with van der Waals surface area (Å²) in [6.07, 6.45) is -0.799. The van der Waals surface area contributed by atoms with E-state index in [9.17, 15) is 19.5 Å². The molecule has 1 N–H and O–H groups in total. The number of nitrogens with zero attached hydrogens (tertiary/aromatic N) is 3. The molecule has 190 valence electrons. The molecular formula is C23H35N3O6S2. The van der Waals surface area contributed by atoms with E-state index >= 15 is 0 Å². The minimum atomic E-state index is -0.799. The van der Waals surface area contributed by atoms with Gasteiger partial charge in [-0.15, -0.1) is 11.8 Å². The molecule has 0 aromatic heterocycles. The number of hydrogen-bond acceptors (Lipinski definition) is 10. The smallest absolute Gasteiger partial charge is 0.358 e. The molecule has 4 atom stereocenters. The van der Waals surface area contributed by atoms with Crippen LogP contribution >= 0.6 is 23.5 Å². The molecule has 2 fully saturated rings. The van der Waals surface area contributed by atoms with Crippen LogP contribution in [0.25, 0.3) is 0 Å². The van der Waals surface area contributed by atoms with Crippen molar-refractivity contribution in [3.63, 3.8) is 0 Å². The summed E-state index contributed by atoms with van der Waals surface area (Å²) in [5.41, 5.74) is -0.493. The zero-order valence-corrected chi connectivity index (χ0v) is 21.2. The molecule has 4 rings (SSSR count). The van der Waals surface area contributed by atoms with E-state index in [1.165, 1.54) is 4.90 Å². The predicted molar refractivity (Wildman–Crippen MR) is 133 cm³/mol. The summed E-state index contributed by atoms with van der Waals surface area (Å²) >= 11 is 3.36. The summed E-state index contributed by atoms with van der Waals surface area (Å²) in [6, 6.07) is -0.273. The monoisotopic (exact) mass is 513 g/mol. The van der Waals surface area contributed by atoms with Crippen molar-refractivity contribution in [2.45, 2.75) is 59.4 Å². The Morgan fingerprint density at radius 1 is 1.29 bits per heavy atom. The van der Waals surface area contributed by atoms with E-state index in [-0.39, 0.29) is 36.2 Å². The number of aliphatic hydroxyl groups excluding tert-OH is 1. The van der Waals surface area contributed by atoms with Crippen LogP contribution in [0.2, 0.25) is 0 Å². The highest BCUT2D eigenvalue weighted by Gasteiger charge is 2.60. The normalized spacial score (nSPS) is 27.4. The summed E-state index contributed by atoms with van der Waals surface area (Å²) in [7, 11) is 0. The van der Waals surface area contributed by atoms with Crippen LogP contribution in [0.15, 0.2) is 15.6 Å². The molecule has 0 aromatic carbocycles. The molecular weight excluding hydrogens is 478 g/mol. The number of amides is 1. The summed E-state index contributed by atoms with van der Waals surface area (Å²) < 4.78 is 10.3. The van der Waals surface area contributed by atoms with Crippen LogP contribution in [0.1, 0.15) is 42.0 Å². The number of amidine groups is 1. The van der Waals surface area contributed by atoms with Gasteiger partial charge in [0.1, 0.15) is 5.70 Å². The van der Waals surface area contributed by atoms with Crippen LogP contribution in [0.4, 0.5) is 0 Å². The number of β-lactam (4-membered cyclic amide) rings is 1. The SMILES string of the molecule is C.C[C@@H](O)[C@H]1C(=O)N2C(C(=O)OCOC(=O)C(C)(C)C)=C(SC3CN(C4=NCCS4)C3)[C@H](C)[C@H]12. The van der Waals surface area contributed by atoms with Crippen LogP contribution < -0.4 is 0 Å². The Morgan fingerprint density at radius 3 is 2.53 bits per heavy atom. The number of carbonyl (C=O) groups excluding carboxylic acids is 3. The summed E-state index contributed by atoms with van der Waals surface area (Å²) in [4.78, 5) is 46.8. The zero-order chi connectivity index (χ0) is 24.1. The number of thioether (sulfide) groups is 2. The van der Waals surface area contributed by atoms with Crippen molar-refractivity contribution in [3.05, 3.63) is 10.6 Å². The molecule has 34 heavy (non-hydrogen) atoms. The van der Waals surface area contributed by atoms with Gasteiger partial charge in [0, 0.05) is 34.9 Å². The van der Waals surface area contributed by atoms with E-state index in [0.717, 1.165) is 35.5 Å². The average molecular weight is 514 g/mol. The third kappa shape index (κ3) is 4.83. The minimum Gasteiger partial charge on any atom is -0.427 e. The quantitative estimate of drug-likeness (QED) is 0.325. The molecule has 4 aliphatic heterocycles. The second kappa shape index (κ2) is 10.1. The number of rotatable bonds is 6. The molecule has 4 aliphatic rings. The fourth-order valence-corrected chi connectivity index (χ4v) is 6.85. The third-order valence-corrected chi connectivity index (χ3v) is 8.76. The highest BCUT2D eigenvalue weighted by molar-refractivity contribution is 8.14. The Kier molecular flexibility index (Phi) is 7.99. The lowest BCUT2D eigenvalue weighted by atomic mass is 9.79. The second-order valence-corrected chi connectivity index (χ2v) is 12.3. The van der Waals surface area contributed by atoms with Crippen LogP contribution in [0.5, 0.6) is 0 Å². The van der Waals surface area contributed by atoms with Gasteiger partial charge in [-0.3, -0.25) is 14.6 Å². The van der Waals surface area contributed by atoms with Crippen molar-refractivity contribution in [2.24, 2.45) is 22.2 Å². The number of esters is 2. The molecule has 0 aliphatic carbocycles. The average Bonchev–Trinajstić information content (AvgIpc) is 3.29. The van der Waals surface area contributed by atoms with Crippen LogP contribution in [-0.2, 0) is 23.9 Å². The van der Waals surface area contributed by atoms with E-state index in [0.29, 0.717) is 0 Å². The van der Waals surface area contributed by atoms with Crippen LogP contribution in [0, 0.1) is 17.3 Å². The number of likely N-dealkylation sites (tertiary alicyclic amines) is 1. The first-order valence-corrected chi connectivity index (χ1v) is 13.1. The summed E-state index contributed by atoms with van der Waals surface area (Å²) in [5.74, 6) is -1.06. The maximum atomic E-state index is 13.0. The van der Waals surface area contributed by atoms with Crippen molar-refractivity contribution in [1.82, 2.24) is 9.80 Å². The first-order chi connectivity index (χ1) is 15.5. The van der Waals surface area contributed by atoms with Crippen molar-refractivity contribution >= 4 is 46.5 Å². The van der Waals surface area contributed by atoms with E-state index in [1.54, 1.807) is 51.2 Å². The van der Waals surface area contributed by atoms with E-state index in [1.807, 2.05) is 6.92 Å². The van der Waals surface area contributed by atoms with Gasteiger partial charge in [0.25, 0.3) is 0 Å². The van der Waals surface area contributed by atoms with Crippen molar-refractivity contribution < 1.29 is 29.0 Å². The molecule has 0 unspecified atom stereocenters. The van der Waals surface area contributed by atoms with Gasteiger partial charge in [-0.05, 0) is 27.7 Å². The molecule has 4 heterocycles. The minimum absolute atomic E-state index is 0. The van der Waals surface area contributed by atoms with Gasteiger partial charge in [0.15, 0.2) is 5.17 Å². The number of aliphatic imine (C=N–C) groups is 1. The van der Waals surface area contributed by atoms with Gasteiger partial charge in [-0.2, -0.15) is 0 Å². The second-order valence-electron chi connectivity index (χ2n) is 9.86. The Labute approximate surface area is 209 Å². The molecule has 1 amide bonds. The number of ether oxygens (including phenoxy) is 2. The van der Waals surface area contributed by atoms with Gasteiger partial charge >= 0.3 is 11.9 Å².